The van der Waals surface area contributed by atoms with Crippen LogP contribution >= 0.6 is 0 Å². The first-order chi connectivity index (χ1) is 16.0. The van der Waals surface area contributed by atoms with E-state index in [0.717, 1.165) is 66.4 Å². The van der Waals surface area contributed by atoms with Crippen LogP contribution in [0.4, 0.5) is 0 Å². The van der Waals surface area contributed by atoms with Crippen molar-refractivity contribution < 1.29 is 4.42 Å². The molecule has 0 aliphatic heterocycles. The normalized spacial score (nSPS) is 11.6. The van der Waals surface area contributed by atoms with Crippen LogP contribution in [0.2, 0.25) is 0 Å². The van der Waals surface area contributed by atoms with E-state index in [2.05, 4.69) is 74.3 Å². The molecule has 0 unspecified atom stereocenters. The summed E-state index contributed by atoms with van der Waals surface area (Å²) in [4.78, 5) is 1.81. The van der Waals surface area contributed by atoms with Gasteiger partial charge in [0.05, 0.1) is 6.04 Å². The highest BCUT2D eigenvalue weighted by Crippen LogP contribution is 2.30. The Labute approximate surface area is 196 Å². The van der Waals surface area contributed by atoms with Gasteiger partial charge >= 0.3 is 0 Å². The quantitative estimate of drug-likeness (QED) is 0.256. The van der Waals surface area contributed by atoms with Gasteiger partial charge in [0.1, 0.15) is 11.4 Å². The summed E-state index contributed by atoms with van der Waals surface area (Å²) in [6.07, 6.45) is 5.19. The lowest BCUT2D eigenvalue weighted by Crippen LogP contribution is -2.04. The molecule has 0 radical (unpaired) electrons. The van der Waals surface area contributed by atoms with E-state index in [4.69, 9.17) is 14.6 Å². The summed E-state index contributed by atoms with van der Waals surface area (Å²) in [6.45, 7) is 8.34. The van der Waals surface area contributed by atoms with E-state index in [9.17, 15) is 0 Å². The summed E-state index contributed by atoms with van der Waals surface area (Å²) in [6, 6.07) is 19.2. The van der Waals surface area contributed by atoms with Crippen molar-refractivity contribution in [3.05, 3.63) is 71.9 Å². The molecule has 2 aromatic heterocycles. The molecule has 0 atom stereocenters. The summed E-state index contributed by atoms with van der Waals surface area (Å²) in [5, 5.41) is 17.9. The average molecular weight is 444 g/mol. The fourth-order valence-electron chi connectivity index (χ4n) is 3.80. The van der Waals surface area contributed by atoms with Crippen molar-refractivity contribution >= 4 is 0 Å². The third-order valence-corrected chi connectivity index (χ3v) is 5.67. The van der Waals surface area contributed by atoms with Crippen LogP contribution in [0.5, 0.6) is 0 Å². The standard InChI is InChI=1S/C27H33N5O/c1-19(2)27-29-28-24(33-27)17-10-5-7-12-21-13-11-16-23(18-21)26-25(22-14-8-6-9-15-22)30-32(31-26)20(3)4/h6,8-9,11,13-16,18-20H,5,7,10,12,17H2,1-4H3. The summed E-state index contributed by atoms with van der Waals surface area (Å²) < 4.78 is 5.70. The minimum Gasteiger partial charge on any atom is -0.425 e. The number of nitrogens with zero attached hydrogens (tertiary/aromatic N) is 5. The highest BCUT2D eigenvalue weighted by molar-refractivity contribution is 5.77. The van der Waals surface area contributed by atoms with Crippen molar-refractivity contribution in [2.75, 3.05) is 0 Å². The molecule has 2 heterocycles. The zero-order chi connectivity index (χ0) is 23.2. The monoisotopic (exact) mass is 443 g/mol. The van der Waals surface area contributed by atoms with Gasteiger partial charge in [0.15, 0.2) is 0 Å². The number of unbranched alkanes of at least 4 members (excludes halogenated alkanes) is 2. The molecule has 172 valence electrons. The topological polar surface area (TPSA) is 69.6 Å². The third kappa shape index (κ3) is 5.75. The SMILES string of the molecule is CC(C)c1nnc(CCCCCc2cccc(-c3nn(C(C)C)nc3-c3ccccc3)c2)o1. The number of hydrogen-bond donors (Lipinski definition) is 0. The zero-order valence-electron chi connectivity index (χ0n) is 20.0. The van der Waals surface area contributed by atoms with Gasteiger partial charge in [-0.3, -0.25) is 0 Å². The van der Waals surface area contributed by atoms with Crippen LogP contribution in [0, 0.1) is 0 Å². The summed E-state index contributed by atoms with van der Waals surface area (Å²) in [5.74, 6) is 1.76. The van der Waals surface area contributed by atoms with Crippen LogP contribution in [0.15, 0.2) is 59.0 Å². The molecule has 0 spiro atoms. The van der Waals surface area contributed by atoms with Crippen molar-refractivity contribution in [3.8, 4) is 22.5 Å². The predicted octanol–water partition coefficient (Wildman–Crippen LogP) is 6.65. The largest absolute Gasteiger partial charge is 0.425 e. The Hall–Kier alpha value is -3.28. The molecular formula is C27H33N5O. The molecule has 0 aliphatic rings. The molecule has 0 bridgehead atoms. The Morgan fingerprint density at radius 1 is 0.758 bits per heavy atom. The van der Waals surface area contributed by atoms with Crippen molar-refractivity contribution in [3.63, 3.8) is 0 Å². The number of aromatic nitrogens is 5. The molecule has 2 aromatic carbocycles. The first-order valence-electron chi connectivity index (χ1n) is 11.9. The molecule has 0 N–H and O–H groups in total. The van der Waals surface area contributed by atoms with Gasteiger partial charge in [-0.2, -0.15) is 15.0 Å². The molecular weight excluding hydrogens is 410 g/mol. The molecule has 4 aromatic rings. The zero-order valence-corrected chi connectivity index (χ0v) is 20.0. The van der Waals surface area contributed by atoms with Crippen molar-refractivity contribution in [2.24, 2.45) is 0 Å². The maximum Gasteiger partial charge on any atom is 0.219 e. The molecule has 0 saturated heterocycles. The van der Waals surface area contributed by atoms with Gasteiger partial charge in [-0.1, -0.05) is 68.8 Å². The summed E-state index contributed by atoms with van der Waals surface area (Å²) >= 11 is 0. The van der Waals surface area contributed by atoms with Crippen LogP contribution in [0.1, 0.15) is 76.3 Å². The Morgan fingerprint density at radius 3 is 2.15 bits per heavy atom. The fourth-order valence-corrected chi connectivity index (χ4v) is 3.80. The minimum absolute atomic E-state index is 0.208. The summed E-state index contributed by atoms with van der Waals surface area (Å²) in [5.41, 5.74) is 5.40. The van der Waals surface area contributed by atoms with Gasteiger partial charge in [0, 0.05) is 23.5 Å². The number of hydrogen-bond acceptors (Lipinski definition) is 5. The molecule has 0 aliphatic carbocycles. The number of benzene rings is 2. The Morgan fingerprint density at radius 2 is 1.45 bits per heavy atom. The predicted molar refractivity (Wildman–Crippen MR) is 131 cm³/mol. The second kappa shape index (κ2) is 10.6. The van der Waals surface area contributed by atoms with Crippen LogP contribution in [0.3, 0.4) is 0 Å². The van der Waals surface area contributed by atoms with Crippen LogP contribution in [-0.2, 0) is 12.8 Å². The second-order valence-electron chi connectivity index (χ2n) is 9.13. The highest BCUT2D eigenvalue weighted by atomic mass is 16.4. The second-order valence-corrected chi connectivity index (χ2v) is 9.13. The van der Waals surface area contributed by atoms with Gasteiger partial charge in [-0.05, 0) is 44.7 Å². The summed E-state index contributed by atoms with van der Waals surface area (Å²) in [7, 11) is 0. The number of rotatable bonds is 10. The Balaban J connectivity index is 1.40. The fraction of sp³-hybridized carbons (Fsp3) is 0.407. The maximum absolute atomic E-state index is 5.70. The van der Waals surface area contributed by atoms with Crippen molar-refractivity contribution in [2.45, 2.75) is 71.8 Å². The average Bonchev–Trinajstić information content (AvgIpc) is 3.48. The van der Waals surface area contributed by atoms with E-state index in [-0.39, 0.29) is 12.0 Å². The molecule has 33 heavy (non-hydrogen) atoms. The smallest absolute Gasteiger partial charge is 0.219 e. The molecule has 6 heteroatoms. The Bertz CT molecular complexity index is 1160. The molecule has 0 saturated carbocycles. The lowest BCUT2D eigenvalue weighted by Gasteiger charge is -2.05. The van der Waals surface area contributed by atoms with Crippen LogP contribution in [0.25, 0.3) is 22.5 Å². The van der Waals surface area contributed by atoms with E-state index in [1.54, 1.807) is 0 Å². The Kier molecular flexibility index (Phi) is 7.33. The van der Waals surface area contributed by atoms with E-state index in [1.807, 2.05) is 23.0 Å². The minimum atomic E-state index is 0.208. The lowest BCUT2D eigenvalue weighted by molar-refractivity contribution is 0.425. The number of aryl methyl sites for hydroxylation is 2. The maximum atomic E-state index is 5.70. The van der Waals surface area contributed by atoms with Gasteiger partial charge in [-0.25, -0.2) is 0 Å². The van der Waals surface area contributed by atoms with Gasteiger partial charge in [0.25, 0.3) is 0 Å². The van der Waals surface area contributed by atoms with Crippen molar-refractivity contribution in [1.82, 2.24) is 25.2 Å². The first-order valence-corrected chi connectivity index (χ1v) is 11.9. The van der Waals surface area contributed by atoms with E-state index < -0.39 is 0 Å². The van der Waals surface area contributed by atoms with E-state index in [1.165, 1.54) is 5.56 Å². The molecule has 0 fully saturated rings. The third-order valence-electron chi connectivity index (χ3n) is 5.67. The molecule has 4 rings (SSSR count). The first kappa shape index (κ1) is 22.9. The van der Waals surface area contributed by atoms with Crippen LogP contribution in [-0.4, -0.2) is 25.2 Å². The highest BCUT2D eigenvalue weighted by Gasteiger charge is 2.16. The van der Waals surface area contributed by atoms with Crippen LogP contribution < -0.4 is 0 Å². The molecule has 6 nitrogen and oxygen atoms in total. The molecule has 0 amide bonds. The van der Waals surface area contributed by atoms with Gasteiger partial charge in [0.2, 0.25) is 11.8 Å². The van der Waals surface area contributed by atoms with Gasteiger partial charge < -0.3 is 4.42 Å². The van der Waals surface area contributed by atoms with E-state index in [0.29, 0.717) is 0 Å². The van der Waals surface area contributed by atoms with Gasteiger partial charge in [-0.15, -0.1) is 10.2 Å². The van der Waals surface area contributed by atoms with Crippen molar-refractivity contribution in [1.29, 1.82) is 0 Å². The van der Waals surface area contributed by atoms with E-state index >= 15 is 0 Å². The lowest BCUT2D eigenvalue weighted by atomic mass is 10.0.